The molecule has 2 rings (SSSR count). The molecule has 2 aliphatic rings. The summed E-state index contributed by atoms with van der Waals surface area (Å²) in [5.74, 6) is 0.779. The van der Waals surface area contributed by atoms with E-state index in [1.165, 1.54) is 45.2 Å². The molecule has 0 amide bonds. The highest BCUT2D eigenvalue weighted by atomic mass is 15.2. The average Bonchev–Trinajstić information content (AvgIpc) is 2.69. The van der Waals surface area contributed by atoms with E-state index in [0.29, 0.717) is 6.04 Å². The zero-order chi connectivity index (χ0) is 10.2. The van der Waals surface area contributed by atoms with E-state index in [1.807, 2.05) is 0 Å². The maximum atomic E-state index is 6.38. The van der Waals surface area contributed by atoms with Crippen molar-refractivity contribution in [3.05, 3.63) is 0 Å². The van der Waals surface area contributed by atoms with Crippen molar-refractivity contribution in [1.82, 2.24) is 4.90 Å². The van der Waals surface area contributed by atoms with Gasteiger partial charge < -0.3 is 5.73 Å². The smallest absolute Gasteiger partial charge is 0.0313 e. The molecule has 14 heavy (non-hydrogen) atoms. The minimum absolute atomic E-state index is 0.189. The topological polar surface area (TPSA) is 29.3 Å². The van der Waals surface area contributed by atoms with Crippen LogP contribution >= 0.6 is 0 Å². The molecule has 1 saturated carbocycles. The number of hydrogen-bond acceptors (Lipinski definition) is 2. The average molecular weight is 196 g/mol. The van der Waals surface area contributed by atoms with Crippen molar-refractivity contribution in [3.8, 4) is 0 Å². The number of rotatable bonds is 4. The standard InChI is InChI=1S/C12H24N2/c1-10(2)9-11(12(13)5-6-12)14-7-3-4-8-14/h10-11H,3-9,13H2,1-2H3. The molecule has 1 unspecified atom stereocenters. The first-order chi connectivity index (χ1) is 6.62. The Morgan fingerprint density at radius 1 is 1.21 bits per heavy atom. The minimum atomic E-state index is 0.189. The van der Waals surface area contributed by atoms with E-state index in [2.05, 4.69) is 18.7 Å². The fourth-order valence-corrected chi connectivity index (χ4v) is 2.72. The van der Waals surface area contributed by atoms with Gasteiger partial charge in [-0.25, -0.2) is 0 Å². The van der Waals surface area contributed by atoms with Crippen molar-refractivity contribution < 1.29 is 0 Å². The van der Waals surface area contributed by atoms with Gasteiger partial charge in [0.15, 0.2) is 0 Å². The van der Waals surface area contributed by atoms with E-state index in [1.54, 1.807) is 0 Å². The largest absolute Gasteiger partial charge is 0.324 e. The molecule has 0 spiro atoms. The third-order valence-corrected chi connectivity index (χ3v) is 3.77. The molecule has 0 aromatic heterocycles. The first-order valence-electron chi connectivity index (χ1n) is 6.15. The molecule has 0 bridgehead atoms. The summed E-state index contributed by atoms with van der Waals surface area (Å²) in [7, 11) is 0. The lowest BCUT2D eigenvalue weighted by Crippen LogP contribution is -2.49. The summed E-state index contributed by atoms with van der Waals surface area (Å²) in [6, 6.07) is 0.671. The molecule has 82 valence electrons. The summed E-state index contributed by atoms with van der Waals surface area (Å²) in [5, 5.41) is 0. The Morgan fingerprint density at radius 3 is 2.21 bits per heavy atom. The Labute approximate surface area is 87.8 Å². The molecule has 0 aromatic rings. The first kappa shape index (κ1) is 10.4. The molecule has 2 N–H and O–H groups in total. The predicted octanol–water partition coefficient (Wildman–Crippen LogP) is 1.99. The Balaban J connectivity index is 1.98. The number of nitrogens with two attached hydrogens (primary N) is 1. The third kappa shape index (κ3) is 2.12. The van der Waals surface area contributed by atoms with Crippen LogP contribution in [0.25, 0.3) is 0 Å². The highest BCUT2D eigenvalue weighted by molar-refractivity contribution is 5.09. The predicted molar refractivity (Wildman–Crippen MR) is 60.2 cm³/mol. The number of likely N-dealkylation sites (tertiary alicyclic amines) is 1. The van der Waals surface area contributed by atoms with Gasteiger partial charge in [-0.3, -0.25) is 4.90 Å². The van der Waals surface area contributed by atoms with Crippen molar-refractivity contribution in [2.45, 2.75) is 57.5 Å². The summed E-state index contributed by atoms with van der Waals surface area (Å²) >= 11 is 0. The summed E-state index contributed by atoms with van der Waals surface area (Å²) < 4.78 is 0. The van der Waals surface area contributed by atoms with Crippen LogP contribution in [0.15, 0.2) is 0 Å². The van der Waals surface area contributed by atoms with Crippen molar-refractivity contribution in [1.29, 1.82) is 0 Å². The van der Waals surface area contributed by atoms with E-state index < -0.39 is 0 Å². The number of hydrogen-bond donors (Lipinski definition) is 1. The van der Waals surface area contributed by atoms with Gasteiger partial charge in [-0.05, 0) is 51.1 Å². The highest BCUT2D eigenvalue weighted by Crippen LogP contribution is 2.41. The van der Waals surface area contributed by atoms with Gasteiger partial charge in [0.1, 0.15) is 0 Å². The molecule has 2 nitrogen and oxygen atoms in total. The van der Waals surface area contributed by atoms with Crippen molar-refractivity contribution in [3.63, 3.8) is 0 Å². The minimum Gasteiger partial charge on any atom is -0.324 e. The first-order valence-corrected chi connectivity index (χ1v) is 6.15. The summed E-state index contributed by atoms with van der Waals surface area (Å²) in [6.45, 7) is 7.20. The monoisotopic (exact) mass is 196 g/mol. The van der Waals surface area contributed by atoms with Crippen LogP contribution in [0.3, 0.4) is 0 Å². The van der Waals surface area contributed by atoms with Crippen LogP contribution in [0.5, 0.6) is 0 Å². The second-order valence-electron chi connectivity index (χ2n) is 5.62. The molecule has 0 radical (unpaired) electrons. The third-order valence-electron chi connectivity index (χ3n) is 3.77. The van der Waals surface area contributed by atoms with E-state index >= 15 is 0 Å². The fourth-order valence-electron chi connectivity index (χ4n) is 2.72. The van der Waals surface area contributed by atoms with Crippen LogP contribution in [-0.2, 0) is 0 Å². The van der Waals surface area contributed by atoms with Crippen LogP contribution in [0.4, 0.5) is 0 Å². The van der Waals surface area contributed by atoms with Crippen LogP contribution in [0.2, 0.25) is 0 Å². The van der Waals surface area contributed by atoms with Crippen LogP contribution < -0.4 is 5.73 Å². The zero-order valence-electron chi connectivity index (χ0n) is 9.63. The van der Waals surface area contributed by atoms with Crippen LogP contribution in [-0.4, -0.2) is 29.6 Å². The SMILES string of the molecule is CC(C)CC(N1CCCC1)C1(N)CC1. The molecule has 1 saturated heterocycles. The van der Waals surface area contributed by atoms with Gasteiger partial charge in [-0.2, -0.15) is 0 Å². The second-order valence-corrected chi connectivity index (χ2v) is 5.62. The summed E-state index contributed by atoms with van der Waals surface area (Å²) in [4.78, 5) is 2.65. The Kier molecular flexibility index (Phi) is 2.85. The van der Waals surface area contributed by atoms with Crippen molar-refractivity contribution >= 4 is 0 Å². The fraction of sp³-hybridized carbons (Fsp3) is 1.00. The molecule has 1 aliphatic carbocycles. The highest BCUT2D eigenvalue weighted by Gasteiger charge is 2.48. The van der Waals surface area contributed by atoms with Gasteiger partial charge in [0.05, 0.1) is 0 Å². The molecular formula is C12H24N2. The van der Waals surface area contributed by atoms with Crippen molar-refractivity contribution in [2.24, 2.45) is 11.7 Å². The van der Waals surface area contributed by atoms with Gasteiger partial charge in [0.2, 0.25) is 0 Å². The quantitative estimate of drug-likeness (QED) is 0.745. The van der Waals surface area contributed by atoms with Gasteiger partial charge in [0.25, 0.3) is 0 Å². The Morgan fingerprint density at radius 2 is 1.79 bits per heavy atom. The summed E-state index contributed by atoms with van der Waals surface area (Å²) in [6.07, 6.45) is 6.55. The van der Waals surface area contributed by atoms with Crippen LogP contribution in [0, 0.1) is 5.92 Å². The van der Waals surface area contributed by atoms with E-state index in [0.717, 1.165) is 5.92 Å². The number of nitrogens with zero attached hydrogens (tertiary/aromatic N) is 1. The van der Waals surface area contributed by atoms with Gasteiger partial charge in [-0.15, -0.1) is 0 Å². The van der Waals surface area contributed by atoms with E-state index in [-0.39, 0.29) is 5.54 Å². The molecular weight excluding hydrogens is 172 g/mol. The van der Waals surface area contributed by atoms with Gasteiger partial charge >= 0.3 is 0 Å². The molecule has 2 fully saturated rings. The lowest BCUT2D eigenvalue weighted by Gasteiger charge is -2.34. The Hall–Kier alpha value is -0.0800. The molecule has 1 heterocycles. The normalized spacial score (nSPS) is 28.3. The molecule has 2 heteroatoms. The molecule has 1 aliphatic heterocycles. The maximum absolute atomic E-state index is 6.38. The van der Waals surface area contributed by atoms with Gasteiger partial charge in [0, 0.05) is 11.6 Å². The van der Waals surface area contributed by atoms with Gasteiger partial charge in [-0.1, -0.05) is 13.8 Å². The second kappa shape index (κ2) is 3.82. The zero-order valence-corrected chi connectivity index (χ0v) is 9.63. The lowest BCUT2D eigenvalue weighted by molar-refractivity contribution is 0.173. The molecule has 0 aromatic carbocycles. The lowest BCUT2D eigenvalue weighted by atomic mass is 9.95. The van der Waals surface area contributed by atoms with Crippen molar-refractivity contribution in [2.75, 3.05) is 13.1 Å². The Bertz CT molecular complexity index is 190. The summed E-state index contributed by atoms with van der Waals surface area (Å²) in [5.41, 5.74) is 6.57. The van der Waals surface area contributed by atoms with E-state index in [9.17, 15) is 0 Å². The maximum Gasteiger partial charge on any atom is 0.0313 e. The van der Waals surface area contributed by atoms with Crippen LogP contribution in [0.1, 0.15) is 46.0 Å². The molecule has 1 atom stereocenters. The van der Waals surface area contributed by atoms with E-state index in [4.69, 9.17) is 5.73 Å².